The molecular formula is C27H32N2O4. The van der Waals surface area contributed by atoms with Gasteiger partial charge in [0.05, 0.1) is 0 Å². The largest absolute Gasteiger partial charge is 0.480 e. The van der Waals surface area contributed by atoms with Gasteiger partial charge >= 0.3 is 5.97 Å². The zero-order valence-electron chi connectivity index (χ0n) is 19.3. The Balaban J connectivity index is 1.27. The topological polar surface area (TPSA) is 95.5 Å². The molecule has 2 amide bonds. The number of carboxylic acids is 1. The first kappa shape index (κ1) is 23.0. The number of benzene rings is 2. The highest BCUT2D eigenvalue weighted by Gasteiger charge is 2.34. The molecule has 0 atom stereocenters. The Hall–Kier alpha value is -3.15. The van der Waals surface area contributed by atoms with Crippen molar-refractivity contribution >= 4 is 23.5 Å². The van der Waals surface area contributed by atoms with E-state index < -0.39 is 11.5 Å². The smallest absolute Gasteiger partial charge is 0.328 e. The summed E-state index contributed by atoms with van der Waals surface area (Å²) in [6.07, 6.45) is 4.84. The van der Waals surface area contributed by atoms with Crippen LogP contribution in [0.25, 0.3) is 0 Å². The van der Waals surface area contributed by atoms with Crippen molar-refractivity contribution in [2.75, 3.05) is 5.32 Å². The highest BCUT2D eigenvalue weighted by molar-refractivity contribution is 5.93. The first-order valence-electron chi connectivity index (χ1n) is 11.8. The Morgan fingerprint density at radius 1 is 0.818 bits per heavy atom. The zero-order chi connectivity index (χ0) is 23.6. The standard InChI is InChI=1S/C27H32N2O4/c1-27(2,26(32)33)29-25(31)19-9-7-17(8-10-19)18-11-13-23(14-12-18)28-24(30)22-15-20-5-3-4-6-21(20)16-22/h3-6,11-14,17,19,22H,7-10,15-16H2,1-2H3,(H,28,30)(H,29,31)(H,32,33). The number of carbonyl (C=O) groups excluding carboxylic acids is 2. The molecule has 2 aliphatic rings. The molecule has 3 N–H and O–H groups in total. The lowest BCUT2D eigenvalue weighted by molar-refractivity contribution is -0.146. The lowest BCUT2D eigenvalue weighted by atomic mass is 9.78. The molecule has 0 radical (unpaired) electrons. The van der Waals surface area contributed by atoms with Crippen LogP contribution in [0.1, 0.15) is 62.1 Å². The number of fused-ring (bicyclic) bond motifs is 1. The van der Waals surface area contributed by atoms with Crippen LogP contribution in [-0.4, -0.2) is 28.4 Å². The van der Waals surface area contributed by atoms with E-state index in [9.17, 15) is 19.5 Å². The molecule has 2 aliphatic carbocycles. The summed E-state index contributed by atoms with van der Waals surface area (Å²) in [6, 6.07) is 16.3. The number of rotatable bonds is 6. The van der Waals surface area contributed by atoms with Crippen LogP contribution in [0.5, 0.6) is 0 Å². The molecule has 6 heteroatoms. The fourth-order valence-electron chi connectivity index (χ4n) is 4.98. The average Bonchev–Trinajstić information content (AvgIpc) is 3.24. The minimum atomic E-state index is -1.25. The van der Waals surface area contributed by atoms with Gasteiger partial charge in [0.15, 0.2) is 0 Å². The highest BCUT2D eigenvalue weighted by Crippen LogP contribution is 2.36. The highest BCUT2D eigenvalue weighted by atomic mass is 16.4. The van der Waals surface area contributed by atoms with Gasteiger partial charge in [-0.25, -0.2) is 4.79 Å². The van der Waals surface area contributed by atoms with Crippen LogP contribution in [0.4, 0.5) is 5.69 Å². The minimum Gasteiger partial charge on any atom is -0.480 e. The number of carbonyl (C=O) groups is 3. The molecule has 0 aromatic heterocycles. The maximum atomic E-state index is 12.7. The monoisotopic (exact) mass is 448 g/mol. The molecule has 0 spiro atoms. The predicted molar refractivity (Wildman–Crippen MR) is 127 cm³/mol. The van der Waals surface area contributed by atoms with E-state index in [1.807, 2.05) is 24.3 Å². The summed E-state index contributed by atoms with van der Waals surface area (Å²) in [4.78, 5) is 36.5. The minimum absolute atomic E-state index is 0.0189. The van der Waals surface area contributed by atoms with Gasteiger partial charge in [-0.3, -0.25) is 9.59 Å². The fourth-order valence-corrected chi connectivity index (χ4v) is 4.98. The van der Waals surface area contributed by atoms with E-state index in [1.54, 1.807) is 0 Å². The van der Waals surface area contributed by atoms with Gasteiger partial charge in [-0.1, -0.05) is 36.4 Å². The van der Waals surface area contributed by atoms with Gasteiger partial charge in [-0.2, -0.15) is 0 Å². The third-order valence-electron chi connectivity index (χ3n) is 7.14. The maximum absolute atomic E-state index is 12.7. The Morgan fingerprint density at radius 2 is 1.39 bits per heavy atom. The summed E-state index contributed by atoms with van der Waals surface area (Å²) in [5.74, 6) is -0.934. The number of hydrogen-bond donors (Lipinski definition) is 3. The van der Waals surface area contributed by atoms with Crippen LogP contribution >= 0.6 is 0 Å². The normalized spacial score (nSPS) is 20.7. The number of carboxylic acid groups (broad SMARTS) is 1. The summed E-state index contributed by atoms with van der Waals surface area (Å²) in [5.41, 5.74) is 3.30. The van der Waals surface area contributed by atoms with Crippen LogP contribution in [0, 0.1) is 11.8 Å². The summed E-state index contributed by atoms with van der Waals surface area (Å²) in [6.45, 7) is 3.01. The first-order chi connectivity index (χ1) is 15.7. The molecule has 1 fully saturated rings. The summed E-state index contributed by atoms with van der Waals surface area (Å²) < 4.78 is 0. The average molecular weight is 449 g/mol. The van der Waals surface area contributed by atoms with E-state index in [1.165, 1.54) is 30.5 Å². The van der Waals surface area contributed by atoms with Crippen molar-refractivity contribution in [1.82, 2.24) is 5.32 Å². The molecule has 0 bridgehead atoms. The van der Waals surface area contributed by atoms with E-state index in [2.05, 4.69) is 34.9 Å². The lowest BCUT2D eigenvalue weighted by Gasteiger charge is -2.30. The van der Waals surface area contributed by atoms with E-state index >= 15 is 0 Å². The van der Waals surface area contributed by atoms with E-state index in [0.717, 1.165) is 44.2 Å². The molecule has 0 aliphatic heterocycles. The Bertz CT molecular complexity index is 1010. The zero-order valence-corrected chi connectivity index (χ0v) is 19.3. The van der Waals surface area contributed by atoms with E-state index in [4.69, 9.17) is 0 Å². The molecule has 174 valence electrons. The van der Waals surface area contributed by atoms with Gasteiger partial charge in [0, 0.05) is 17.5 Å². The number of anilines is 1. The Kier molecular flexibility index (Phi) is 6.54. The second-order valence-electron chi connectivity index (χ2n) is 9.95. The predicted octanol–water partition coefficient (Wildman–Crippen LogP) is 4.29. The van der Waals surface area contributed by atoms with E-state index in [0.29, 0.717) is 5.92 Å². The number of hydrogen-bond acceptors (Lipinski definition) is 3. The van der Waals surface area contributed by atoms with E-state index in [-0.39, 0.29) is 23.7 Å². The molecule has 0 saturated heterocycles. The molecular weight excluding hydrogens is 416 g/mol. The van der Waals surface area contributed by atoms with Crippen molar-refractivity contribution in [2.45, 2.75) is 63.8 Å². The molecule has 2 aromatic rings. The lowest BCUT2D eigenvalue weighted by Crippen LogP contribution is -2.51. The summed E-state index contributed by atoms with van der Waals surface area (Å²) in [5, 5.41) is 14.9. The molecule has 2 aromatic carbocycles. The Labute approximate surface area is 194 Å². The number of nitrogens with one attached hydrogen (secondary N) is 2. The summed E-state index contributed by atoms with van der Waals surface area (Å²) in [7, 11) is 0. The first-order valence-corrected chi connectivity index (χ1v) is 11.8. The van der Waals surface area contributed by atoms with Gasteiger partial charge < -0.3 is 15.7 Å². The van der Waals surface area contributed by atoms with Crippen molar-refractivity contribution in [3.63, 3.8) is 0 Å². The van der Waals surface area contributed by atoms with Crippen molar-refractivity contribution in [3.8, 4) is 0 Å². The summed E-state index contributed by atoms with van der Waals surface area (Å²) >= 11 is 0. The fraction of sp³-hybridized carbons (Fsp3) is 0.444. The van der Waals surface area contributed by atoms with Crippen LogP contribution in [0.15, 0.2) is 48.5 Å². The number of aliphatic carboxylic acids is 1. The maximum Gasteiger partial charge on any atom is 0.328 e. The van der Waals surface area contributed by atoms with Crippen LogP contribution in [-0.2, 0) is 27.2 Å². The van der Waals surface area contributed by atoms with Gasteiger partial charge in [-0.15, -0.1) is 0 Å². The molecule has 0 heterocycles. The van der Waals surface area contributed by atoms with Gasteiger partial charge in [0.1, 0.15) is 5.54 Å². The Morgan fingerprint density at radius 3 is 1.94 bits per heavy atom. The van der Waals surface area contributed by atoms with Gasteiger partial charge in [0.2, 0.25) is 11.8 Å². The molecule has 6 nitrogen and oxygen atoms in total. The van der Waals surface area contributed by atoms with Crippen LogP contribution in [0.3, 0.4) is 0 Å². The molecule has 0 unspecified atom stereocenters. The third kappa shape index (κ3) is 5.27. The van der Waals surface area contributed by atoms with Crippen LogP contribution < -0.4 is 10.6 Å². The SMILES string of the molecule is CC(C)(NC(=O)C1CCC(c2ccc(NC(=O)C3Cc4ccccc4C3)cc2)CC1)C(=O)O. The van der Waals surface area contributed by atoms with Crippen molar-refractivity contribution in [3.05, 3.63) is 65.2 Å². The van der Waals surface area contributed by atoms with Crippen molar-refractivity contribution < 1.29 is 19.5 Å². The van der Waals surface area contributed by atoms with Crippen molar-refractivity contribution in [1.29, 1.82) is 0 Å². The second-order valence-corrected chi connectivity index (χ2v) is 9.95. The third-order valence-corrected chi connectivity index (χ3v) is 7.14. The molecule has 1 saturated carbocycles. The van der Waals surface area contributed by atoms with Gasteiger partial charge in [-0.05, 0) is 87.1 Å². The van der Waals surface area contributed by atoms with Crippen molar-refractivity contribution in [2.24, 2.45) is 11.8 Å². The second kappa shape index (κ2) is 9.38. The quantitative estimate of drug-likeness (QED) is 0.614. The van der Waals surface area contributed by atoms with Crippen LogP contribution in [0.2, 0.25) is 0 Å². The molecule has 4 rings (SSSR count). The molecule has 33 heavy (non-hydrogen) atoms. The number of amides is 2. The van der Waals surface area contributed by atoms with Gasteiger partial charge in [0.25, 0.3) is 0 Å².